The maximum absolute atomic E-state index is 2.62. The summed E-state index contributed by atoms with van der Waals surface area (Å²) in [6.07, 6.45) is 4.45. The third-order valence-electron chi connectivity index (χ3n) is 3.66. The zero-order chi connectivity index (χ0) is 8.01. The van der Waals surface area contributed by atoms with Gasteiger partial charge in [-0.3, -0.25) is 4.90 Å². The van der Waals surface area contributed by atoms with Crippen molar-refractivity contribution in [1.29, 1.82) is 0 Å². The lowest BCUT2D eigenvalue weighted by atomic mass is 9.90. The topological polar surface area (TPSA) is 3.24 Å². The molecule has 1 nitrogen and oxygen atoms in total. The zero-order valence-electron chi connectivity index (χ0n) is 7.88. The van der Waals surface area contributed by atoms with Gasteiger partial charge in [-0.15, -0.1) is 0 Å². The Morgan fingerprint density at radius 2 is 2.00 bits per heavy atom. The molecular formula is C10H19N. The molecule has 64 valence electrons. The van der Waals surface area contributed by atoms with Crippen molar-refractivity contribution < 1.29 is 0 Å². The Hall–Kier alpha value is -0.0400. The first-order valence-electron chi connectivity index (χ1n) is 4.92. The Morgan fingerprint density at radius 1 is 1.27 bits per heavy atom. The van der Waals surface area contributed by atoms with Crippen molar-refractivity contribution in [1.82, 2.24) is 4.90 Å². The van der Waals surface area contributed by atoms with Crippen LogP contribution in [0.1, 0.15) is 33.1 Å². The highest BCUT2D eigenvalue weighted by molar-refractivity contribution is 4.98. The van der Waals surface area contributed by atoms with Gasteiger partial charge in [-0.1, -0.05) is 13.8 Å². The molecule has 3 atom stereocenters. The van der Waals surface area contributed by atoms with Crippen LogP contribution in [0.2, 0.25) is 0 Å². The first kappa shape index (κ1) is 7.60. The molecule has 1 heteroatoms. The average molecular weight is 153 g/mol. The van der Waals surface area contributed by atoms with Crippen molar-refractivity contribution in [2.75, 3.05) is 7.05 Å². The van der Waals surface area contributed by atoms with E-state index < -0.39 is 0 Å². The van der Waals surface area contributed by atoms with E-state index in [1.807, 2.05) is 0 Å². The van der Waals surface area contributed by atoms with E-state index >= 15 is 0 Å². The van der Waals surface area contributed by atoms with Crippen molar-refractivity contribution in [2.45, 2.75) is 45.2 Å². The Kier molecular flexibility index (Phi) is 1.71. The van der Waals surface area contributed by atoms with Crippen LogP contribution in [0.25, 0.3) is 0 Å². The molecule has 1 saturated heterocycles. The largest absolute Gasteiger partial charge is 0.300 e. The van der Waals surface area contributed by atoms with E-state index in [-0.39, 0.29) is 0 Å². The molecule has 2 rings (SSSR count). The molecule has 0 aromatic heterocycles. The second-order valence-electron chi connectivity index (χ2n) is 4.63. The molecule has 1 saturated carbocycles. The van der Waals surface area contributed by atoms with Crippen LogP contribution in [0.4, 0.5) is 0 Å². The fourth-order valence-electron chi connectivity index (χ4n) is 3.26. The number of nitrogens with zero attached hydrogens (tertiary/aromatic N) is 1. The molecule has 2 fully saturated rings. The number of rotatable bonds is 1. The number of piperidine rings is 1. The number of hydrogen-bond donors (Lipinski definition) is 0. The lowest BCUT2D eigenvalue weighted by molar-refractivity contribution is 0.136. The summed E-state index contributed by atoms with van der Waals surface area (Å²) in [6, 6.07) is 1.83. The van der Waals surface area contributed by atoms with Crippen molar-refractivity contribution in [3.63, 3.8) is 0 Å². The monoisotopic (exact) mass is 153 g/mol. The summed E-state index contributed by atoms with van der Waals surface area (Å²) < 4.78 is 0. The van der Waals surface area contributed by atoms with Crippen molar-refractivity contribution in [2.24, 2.45) is 11.8 Å². The lowest BCUT2D eigenvalue weighted by Gasteiger charge is -2.34. The van der Waals surface area contributed by atoms with Gasteiger partial charge >= 0.3 is 0 Å². The van der Waals surface area contributed by atoms with Crippen molar-refractivity contribution in [3.05, 3.63) is 0 Å². The van der Waals surface area contributed by atoms with Crippen LogP contribution in [0, 0.1) is 11.8 Å². The van der Waals surface area contributed by atoms with E-state index in [0.29, 0.717) is 0 Å². The minimum atomic E-state index is 0.857. The molecule has 1 aliphatic carbocycles. The molecule has 0 amide bonds. The van der Waals surface area contributed by atoms with Gasteiger partial charge in [-0.25, -0.2) is 0 Å². The van der Waals surface area contributed by atoms with Crippen LogP contribution in [0.5, 0.6) is 0 Å². The third-order valence-corrected chi connectivity index (χ3v) is 3.66. The third kappa shape index (κ3) is 1.01. The highest BCUT2D eigenvalue weighted by Crippen LogP contribution is 2.43. The molecule has 0 N–H and O–H groups in total. The Labute approximate surface area is 69.8 Å². The van der Waals surface area contributed by atoms with Crippen molar-refractivity contribution >= 4 is 0 Å². The second kappa shape index (κ2) is 2.48. The fraction of sp³-hybridized carbons (Fsp3) is 1.00. The van der Waals surface area contributed by atoms with E-state index in [0.717, 1.165) is 23.9 Å². The minimum absolute atomic E-state index is 0.857. The highest BCUT2D eigenvalue weighted by atomic mass is 15.2. The molecule has 0 aromatic carbocycles. The molecule has 0 radical (unpaired) electrons. The average Bonchev–Trinajstić information content (AvgIpc) is 2.44. The van der Waals surface area contributed by atoms with Crippen LogP contribution >= 0.6 is 0 Å². The van der Waals surface area contributed by atoms with Crippen LogP contribution < -0.4 is 0 Å². The molecule has 0 aromatic rings. The van der Waals surface area contributed by atoms with Crippen LogP contribution in [0.15, 0.2) is 0 Å². The quantitative estimate of drug-likeness (QED) is 0.558. The van der Waals surface area contributed by atoms with Gasteiger partial charge in [0.1, 0.15) is 0 Å². The summed E-state index contributed by atoms with van der Waals surface area (Å²) in [5.74, 6) is 1.89. The molecule has 11 heavy (non-hydrogen) atoms. The molecular weight excluding hydrogens is 134 g/mol. The summed E-state index contributed by atoms with van der Waals surface area (Å²) in [4.78, 5) is 2.62. The number of likely N-dealkylation sites (tertiary alicyclic amines) is 1. The molecule has 1 heterocycles. The number of fused-ring (bicyclic) bond motifs is 2. The zero-order valence-corrected chi connectivity index (χ0v) is 7.88. The Morgan fingerprint density at radius 3 is 2.36 bits per heavy atom. The predicted molar refractivity (Wildman–Crippen MR) is 47.5 cm³/mol. The van der Waals surface area contributed by atoms with E-state index in [2.05, 4.69) is 25.8 Å². The second-order valence-corrected chi connectivity index (χ2v) is 4.63. The van der Waals surface area contributed by atoms with Gasteiger partial charge in [0.05, 0.1) is 0 Å². The Balaban J connectivity index is 2.11. The fourth-order valence-corrected chi connectivity index (χ4v) is 3.26. The van der Waals surface area contributed by atoms with Gasteiger partial charge < -0.3 is 0 Å². The summed E-state index contributed by atoms with van der Waals surface area (Å²) in [6.45, 7) is 4.73. The maximum atomic E-state index is 2.62. The smallest absolute Gasteiger partial charge is 0.0147 e. The van der Waals surface area contributed by atoms with E-state index in [9.17, 15) is 0 Å². The summed E-state index contributed by atoms with van der Waals surface area (Å²) >= 11 is 0. The normalized spacial score (nSPS) is 44.2. The molecule has 1 aliphatic heterocycles. The molecule has 0 spiro atoms. The standard InChI is InChI=1S/C10H19N/c1-7(2)10-8-4-5-9(6-8)11(10)3/h7-10H,4-6H2,1-3H3/t8?,9?,10-/m1/s1. The van der Waals surface area contributed by atoms with Gasteiger partial charge in [-0.2, -0.15) is 0 Å². The van der Waals surface area contributed by atoms with E-state index in [1.165, 1.54) is 19.3 Å². The summed E-state index contributed by atoms with van der Waals surface area (Å²) in [5.41, 5.74) is 0. The minimum Gasteiger partial charge on any atom is -0.300 e. The van der Waals surface area contributed by atoms with Gasteiger partial charge in [-0.05, 0) is 38.1 Å². The van der Waals surface area contributed by atoms with Gasteiger partial charge in [0.25, 0.3) is 0 Å². The van der Waals surface area contributed by atoms with Crippen molar-refractivity contribution in [3.8, 4) is 0 Å². The van der Waals surface area contributed by atoms with Gasteiger partial charge in [0.15, 0.2) is 0 Å². The predicted octanol–water partition coefficient (Wildman–Crippen LogP) is 2.13. The Bertz CT molecular complexity index is 151. The number of hydrogen-bond acceptors (Lipinski definition) is 1. The van der Waals surface area contributed by atoms with E-state index in [4.69, 9.17) is 0 Å². The lowest BCUT2D eigenvalue weighted by Crippen LogP contribution is -2.40. The molecule has 2 aliphatic rings. The van der Waals surface area contributed by atoms with Gasteiger partial charge in [0.2, 0.25) is 0 Å². The van der Waals surface area contributed by atoms with Crippen LogP contribution in [-0.4, -0.2) is 24.0 Å². The molecule has 2 bridgehead atoms. The maximum Gasteiger partial charge on any atom is 0.0147 e. The van der Waals surface area contributed by atoms with Crippen LogP contribution in [0.3, 0.4) is 0 Å². The first-order chi connectivity index (χ1) is 5.20. The van der Waals surface area contributed by atoms with E-state index in [1.54, 1.807) is 0 Å². The summed E-state index contributed by atoms with van der Waals surface area (Å²) in [7, 11) is 2.31. The summed E-state index contributed by atoms with van der Waals surface area (Å²) in [5, 5.41) is 0. The highest BCUT2D eigenvalue weighted by Gasteiger charge is 2.44. The SMILES string of the molecule is CC(C)[C@@H]1C2CCC(C2)N1C. The van der Waals surface area contributed by atoms with Gasteiger partial charge in [0, 0.05) is 12.1 Å². The van der Waals surface area contributed by atoms with Crippen LogP contribution in [-0.2, 0) is 0 Å². The molecule has 2 unspecified atom stereocenters. The first-order valence-corrected chi connectivity index (χ1v) is 4.92.